The Bertz CT molecular complexity index is 797. The largest absolute Gasteiger partial charge is 0.469 e. The van der Waals surface area contributed by atoms with Crippen molar-refractivity contribution in [3.8, 4) is 0 Å². The zero-order valence-electron chi connectivity index (χ0n) is 18.3. The van der Waals surface area contributed by atoms with Crippen LogP contribution in [0, 0.1) is 5.92 Å². The average Bonchev–Trinajstić information content (AvgIpc) is 3.42. The van der Waals surface area contributed by atoms with Crippen molar-refractivity contribution < 1.29 is 23.9 Å². The lowest BCUT2D eigenvalue weighted by molar-refractivity contribution is -0.145. The lowest BCUT2D eigenvalue weighted by Gasteiger charge is -2.26. The van der Waals surface area contributed by atoms with Gasteiger partial charge in [0.1, 0.15) is 11.6 Å². The molecule has 0 unspecified atom stereocenters. The monoisotopic (exact) mass is 416 g/mol. The van der Waals surface area contributed by atoms with Crippen molar-refractivity contribution in [2.24, 2.45) is 5.92 Å². The van der Waals surface area contributed by atoms with Crippen LogP contribution in [0.3, 0.4) is 0 Å². The van der Waals surface area contributed by atoms with E-state index in [9.17, 15) is 14.4 Å². The quantitative estimate of drug-likeness (QED) is 0.721. The number of methoxy groups -OCH3 is 1. The van der Waals surface area contributed by atoms with Crippen LogP contribution in [0.2, 0.25) is 0 Å². The molecule has 1 saturated carbocycles. The van der Waals surface area contributed by atoms with E-state index in [1.807, 2.05) is 12.1 Å². The van der Waals surface area contributed by atoms with E-state index in [2.05, 4.69) is 17.4 Å². The summed E-state index contributed by atoms with van der Waals surface area (Å²) in [6, 6.07) is 7.45. The predicted octanol–water partition coefficient (Wildman–Crippen LogP) is 3.02. The van der Waals surface area contributed by atoms with Gasteiger partial charge in [-0.3, -0.25) is 9.59 Å². The molecule has 1 heterocycles. The molecule has 164 valence electrons. The molecule has 3 rings (SSSR count). The van der Waals surface area contributed by atoms with Crippen molar-refractivity contribution in [2.75, 3.05) is 20.2 Å². The third-order valence-electron chi connectivity index (χ3n) is 5.46. The van der Waals surface area contributed by atoms with E-state index in [-0.39, 0.29) is 17.8 Å². The van der Waals surface area contributed by atoms with Crippen LogP contribution >= 0.6 is 0 Å². The summed E-state index contributed by atoms with van der Waals surface area (Å²) in [6.07, 6.45) is 2.71. The first-order valence-corrected chi connectivity index (χ1v) is 10.6. The van der Waals surface area contributed by atoms with Crippen molar-refractivity contribution >= 4 is 18.0 Å². The van der Waals surface area contributed by atoms with Crippen molar-refractivity contribution in [1.82, 2.24) is 10.2 Å². The molecule has 1 aliphatic heterocycles. The van der Waals surface area contributed by atoms with E-state index < -0.39 is 17.7 Å². The van der Waals surface area contributed by atoms with Crippen LogP contribution in [0.4, 0.5) is 4.79 Å². The number of likely N-dealkylation sites (tertiary alicyclic amines) is 1. The number of alkyl carbamates (subject to hydrolysis) is 1. The van der Waals surface area contributed by atoms with Gasteiger partial charge in [-0.25, -0.2) is 4.79 Å². The zero-order chi connectivity index (χ0) is 21.9. The number of carbonyl (C=O) groups is 3. The van der Waals surface area contributed by atoms with Gasteiger partial charge in [-0.1, -0.05) is 24.3 Å². The Morgan fingerprint density at radius 2 is 1.93 bits per heavy atom. The molecule has 1 aromatic rings. The molecule has 7 nitrogen and oxygen atoms in total. The first-order valence-electron chi connectivity index (χ1n) is 10.6. The highest BCUT2D eigenvalue weighted by Gasteiger charge is 2.36. The number of nitrogens with one attached hydrogen (secondary N) is 1. The van der Waals surface area contributed by atoms with Gasteiger partial charge in [0.2, 0.25) is 5.91 Å². The lowest BCUT2D eigenvalue weighted by atomic mass is 10.0. The third kappa shape index (κ3) is 5.97. The second kappa shape index (κ2) is 9.06. The summed E-state index contributed by atoms with van der Waals surface area (Å²) in [4.78, 5) is 39.1. The smallest absolute Gasteiger partial charge is 0.408 e. The normalized spacial score (nSPS) is 19.9. The summed E-state index contributed by atoms with van der Waals surface area (Å²) in [7, 11) is 1.35. The Morgan fingerprint density at radius 1 is 1.20 bits per heavy atom. The maximum atomic E-state index is 13.2. The van der Waals surface area contributed by atoms with Crippen LogP contribution in [-0.2, 0) is 25.5 Å². The fourth-order valence-electron chi connectivity index (χ4n) is 3.82. The molecule has 1 aliphatic carbocycles. The SMILES string of the molecule is COC(=O)[C@H]1CCN(C(=O)[C@H](Cc2cccc(C3CC3)c2)NC(=O)OC(C)(C)C)C1. The van der Waals surface area contributed by atoms with Gasteiger partial charge in [0.15, 0.2) is 0 Å². The van der Waals surface area contributed by atoms with Gasteiger partial charge in [0.05, 0.1) is 13.0 Å². The molecule has 2 fully saturated rings. The number of amides is 2. The molecule has 0 bridgehead atoms. The highest BCUT2D eigenvalue weighted by molar-refractivity contribution is 5.87. The molecule has 1 aromatic carbocycles. The fraction of sp³-hybridized carbons (Fsp3) is 0.609. The Balaban J connectivity index is 1.73. The molecule has 0 radical (unpaired) electrons. The van der Waals surface area contributed by atoms with Gasteiger partial charge in [-0.15, -0.1) is 0 Å². The highest BCUT2D eigenvalue weighted by atomic mass is 16.6. The summed E-state index contributed by atoms with van der Waals surface area (Å²) in [6.45, 7) is 6.12. The maximum Gasteiger partial charge on any atom is 0.408 e. The van der Waals surface area contributed by atoms with E-state index in [1.54, 1.807) is 25.7 Å². The number of hydrogen-bond donors (Lipinski definition) is 1. The van der Waals surface area contributed by atoms with Crippen LogP contribution in [0.25, 0.3) is 0 Å². The summed E-state index contributed by atoms with van der Waals surface area (Å²) >= 11 is 0. The number of hydrogen-bond acceptors (Lipinski definition) is 5. The number of esters is 1. The van der Waals surface area contributed by atoms with Crippen LogP contribution in [0.5, 0.6) is 0 Å². The van der Waals surface area contributed by atoms with Crippen molar-refractivity contribution in [3.63, 3.8) is 0 Å². The topological polar surface area (TPSA) is 84.9 Å². The Kier molecular flexibility index (Phi) is 6.68. The minimum absolute atomic E-state index is 0.205. The molecule has 2 aliphatic rings. The van der Waals surface area contributed by atoms with Crippen LogP contribution < -0.4 is 5.32 Å². The molecule has 2 atom stereocenters. The second-order valence-corrected chi connectivity index (χ2v) is 9.22. The van der Waals surface area contributed by atoms with Crippen LogP contribution in [0.15, 0.2) is 24.3 Å². The lowest BCUT2D eigenvalue weighted by Crippen LogP contribution is -2.50. The first-order chi connectivity index (χ1) is 14.2. The average molecular weight is 417 g/mol. The molecule has 0 spiro atoms. The van der Waals surface area contributed by atoms with E-state index in [0.29, 0.717) is 31.8 Å². The standard InChI is InChI=1S/C23H32N2O5/c1-23(2,3)30-22(28)24-19(13-15-6-5-7-17(12-15)16-8-9-16)20(26)25-11-10-18(14-25)21(27)29-4/h5-7,12,16,18-19H,8-11,13-14H2,1-4H3,(H,24,28)/t18-,19-/m0/s1. The summed E-state index contributed by atoms with van der Waals surface area (Å²) < 4.78 is 10.2. The predicted molar refractivity (Wildman–Crippen MR) is 112 cm³/mol. The van der Waals surface area contributed by atoms with Gasteiger partial charge < -0.3 is 19.7 Å². The van der Waals surface area contributed by atoms with Gasteiger partial charge >= 0.3 is 12.1 Å². The Morgan fingerprint density at radius 3 is 2.57 bits per heavy atom. The number of carbonyl (C=O) groups excluding carboxylic acids is 3. The van der Waals surface area contributed by atoms with Crippen molar-refractivity contribution in [1.29, 1.82) is 0 Å². The van der Waals surface area contributed by atoms with E-state index in [4.69, 9.17) is 9.47 Å². The van der Waals surface area contributed by atoms with E-state index in [1.165, 1.54) is 25.5 Å². The summed E-state index contributed by atoms with van der Waals surface area (Å²) in [5.74, 6) is -0.222. The molecule has 1 N–H and O–H groups in total. The van der Waals surface area contributed by atoms with Crippen molar-refractivity contribution in [2.45, 2.75) is 64.0 Å². The highest BCUT2D eigenvalue weighted by Crippen LogP contribution is 2.40. The molecule has 7 heteroatoms. The van der Waals surface area contributed by atoms with Gasteiger partial charge in [0, 0.05) is 19.5 Å². The minimum atomic E-state index is -0.759. The Labute approximate surface area is 178 Å². The second-order valence-electron chi connectivity index (χ2n) is 9.22. The molecular formula is C23H32N2O5. The summed E-state index contributed by atoms with van der Waals surface area (Å²) in [5, 5.41) is 2.75. The molecule has 1 saturated heterocycles. The number of nitrogens with zero attached hydrogens (tertiary/aromatic N) is 1. The van der Waals surface area contributed by atoms with Gasteiger partial charge in [-0.2, -0.15) is 0 Å². The van der Waals surface area contributed by atoms with Crippen LogP contribution in [-0.4, -0.2) is 54.7 Å². The molecule has 0 aromatic heterocycles. The first kappa shape index (κ1) is 22.1. The number of rotatable bonds is 6. The minimum Gasteiger partial charge on any atom is -0.469 e. The number of benzene rings is 1. The van der Waals surface area contributed by atoms with Gasteiger partial charge in [0.25, 0.3) is 0 Å². The number of ether oxygens (including phenoxy) is 2. The zero-order valence-corrected chi connectivity index (χ0v) is 18.3. The maximum absolute atomic E-state index is 13.2. The van der Waals surface area contributed by atoms with Crippen molar-refractivity contribution in [3.05, 3.63) is 35.4 Å². The Hall–Kier alpha value is -2.57. The summed E-state index contributed by atoms with van der Waals surface area (Å²) in [5.41, 5.74) is 1.62. The molecular weight excluding hydrogens is 384 g/mol. The molecule has 2 amide bonds. The third-order valence-corrected chi connectivity index (χ3v) is 5.46. The van der Waals surface area contributed by atoms with Gasteiger partial charge in [-0.05, 0) is 57.1 Å². The fourth-order valence-corrected chi connectivity index (χ4v) is 3.82. The van der Waals surface area contributed by atoms with E-state index >= 15 is 0 Å². The molecule has 30 heavy (non-hydrogen) atoms. The van der Waals surface area contributed by atoms with E-state index in [0.717, 1.165) is 5.56 Å². The van der Waals surface area contributed by atoms with Crippen LogP contribution in [0.1, 0.15) is 57.1 Å².